The van der Waals surface area contributed by atoms with Gasteiger partial charge in [-0.15, -0.1) is 0 Å². The predicted molar refractivity (Wildman–Crippen MR) is 122 cm³/mol. The highest BCUT2D eigenvalue weighted by atomic mass is 32.1. The Morgan fingerprint density at radius 1 is 1.35 bits per heavy atom. The molecule has 1 aliphatic carbocycles. The Kier molecular flexibility index (Phi) is 6.50. The lowest BCUT2D eigenvalue weighted by atomic mass is 9.81. The summed E-state index contributed by atoms with van der Waals surface area (Å²) < 4.78 is 27.7. The van der Waals surface area contributed by atoms with Crippen molar-refractivity contribution in [1.82, 2.24) is 14.8 Å². The van der Waals surface area contributed by atoms with E-state index in [4.69, 9.17) is 0 Å². The normalized spacial score (nSPS) is 20.0. The molecule has 1 saturated carbocycles. The smallest absolute Gasteiger partial charge is 0.248 e. The van der Waals surface area contributed by atoms with Gasteiger partial charge in [-0.2, -0.15) is 18.6 Å². The number of carbonyl (C=O) groups excluding carboxylic acids is 1. The number of halogens is 2. The molecule has 0 radical (unpaired) electrons. The highest BCUT2D eigenvalue weighted by Gasteiger charge is 2.45. The molecule has 0 unspecified atom stereocenters. The predicted octanol–water partition coefficient (Wildman–Crippen LogP) is 3.77. The zero-order valence-corrected chi connectivity index (χ0v) is 19.2. The van der Waals surface area contributed by atoms with Gasteiger partial charge in [0.1, 0.15) is 11.9 Å². The van der Waals surface area contributed by atoms with E-state index >= 15 is 0 Å². The summed E-state index contributed by atoms with van der Waals surface area (Å²) in [6, 6.07) is 1.71. The zero-order valence-electron chi connectivity index (χ0n) is 18.2. The number of rotatable bonds is 6. The number of alkyl halides is 2. The van der Waals surface area contributed by atoms with Crippen LogP contribution in [0.15, 0.2) is 18.5 Å². The molecule has 3 heterocycles. The van der Waals surface area contributed by atoms with Gasteiger partial charge in [0.25, 0.3) is 0 Å². The second-order valence-electron chi connectivity index (χ2n) is 8.83. The lowest BCUT2D eigenvalue weighted by Gasteiger charge is -2.38. The highest BCUT2D eigenvalue weighted by Crippen LogP contribution is 2.43. The number of anilines is 3. The molecule has 0 saturated heterocycles. The molecule has 31 heavy (non-hydrogen) atoms. The van der Waals surface area contributed by atoms with E-state index in [1.54, 1.807) is 10.9 Å². The molecule has 2 aromatic heterocycles. The second-order valence-corrected chi connectivity index (χ2v) is 8.83. The van der Waals surface area contributed by atoms with Gasteiger partial charge in [0, 0.05) is 50.8 Å². The van der Waals surface area contributed by atoms with Crippen molar-refractivity contribution >= 4 is 36.6 Å². The number of nitrogens with one attached hydrogen (secondary N) is 2. The van der Waals surface area contributed by atoms with Crippen molar-refractivity contribution in [3.05, 3.63) is 29.7 Å². The van der Waals surface area contributed by atoms with Gasteiger partial charge in [0.2, 0.25) is 11.8 Å². The molecule has 2 aromatic rings. The number of aryl methyl sites for hydroxylation is 1. The van der Waals surface area contributed by atoms with Gasteiger partial charge in [-0.05, 0) is 18.8 Å². The number of hydrogen-bond donors (Lipinski definition) is 2. The van der Waals surface area contributed by atoms with E-state index in [0.717, 1.165) is 22.6 Å². The standard InChI is InChI=1S/C21H28F2N6O.H2S/c1-12(2)19-20(30)27-18-13(3)26-17(5-16(18)28(19)4)24-8-15-9-25-29(11-15)10-14-6-21(22,23)7-14;/h5,9,11-12,14,19H,6-8,10H2,1-4H3,(H,24,26)(H,27,30);1H2/t19-;/m0./s1. The molecule has 1 fully saturated rings. The molecule has 0 spiro atoms. The van der Waals surface area contributed by atoms with Gasteiger partial charge >= 0.3 is 0 Å². The molecule has 2 aliphatic rings. The molecule has 2 N–H and O–H groups in total. The Morgan fingerprint density at radius 2 is 2.06 bits per heavy atom. The van der Waals surface area contributed by atoms with Gasteiger partial charge in [-0.1, -0.05) is 13.8 Å². The van der Waals surface area contributed by atoms with Crippen LogP contribution in [0, 0.1) is 18.8 Å². The van der Waals surface area contributed by atoms with Crippen LogP contribution in [0.2, 0.25) is 0 Å². The van der Waals surface area contributed by atoms with E-state index in [0.29, 0.717) is 18.9 Å². The van der Waals surface area contributed by atoms with E-state index in [1.165, 1.54) is 0 Å². The maximum absolute atomic E-state index is 13.0. The Bertz CT molecular complexity index is 955. The van der Waals surface area contributed by atoms with Crippen molar-refractivity contribution in [2.24, 2.45) is 11.8 Å². The number of amides is 1. The molecular weight excluding hydrogens is 422 g/mol. The number of pyridine rings is 1. The lowest BCUT2D eigenvalue weighted by molar-refractivity contribution is -0.118. The highest BCUT2D eigenvalue weighted by molar-refractivity contribution is 7.59. The molecule has 7 nitrogen and oxygen atoms in total. The molecule has 1 atom stereocenters. The van der Waals surface area contributed by atoms with Crippen molar-refractivity contribution in [3.63, 3.8) is 0 Å². The first-order valence-electron chi connectivity index (χ1n) is 10.3. The van der Waals surface area contributed by atoms with E-state index in [1.807, 2.05) is 45.0 Å². The number of hydrogen-bond acceptors (Lipinski definition) is 5. The van der Waals surface area contributed by atoms with Gasteiger partial charge in [-0.3, -0.25) is 9.48 Å². The van der Waals surface area contributed by atoms with Crippen LogP contribution in [-0.4, -0.2) is 39.7 Å². The molecule has 0 bridgehead atoms. The number of fused-ring (bicyclic) bond motifs is 1. The molecule has 4 rings (SSSR count). The van der Waals surface area contributed by atoms with Crippen molar-refractivity contribution in [2.45, 2.75) is 58.7 Å². The second kappa shape index (κ2) is 8.64. The van der Waals surface area contributed by atoms with Crippen molar-refractivity contribution in [2.75, 3.05) is 22.6 Å². The Hall–Kier alpha value is -2.36. The van der Waals surface area contributed by atoms with Gasteiger partial charge in [0.05, 0.1) is 23.3 Å². The molecule has 10 heteroatoms. The fourth-order valence-electron chi connectivity index (χ4n) is 4.42. The number of nitrogens with zero attached hydrogens (tertiary/aromatic N) is 4. The third kappa shape index (κ3) is 4.78. The quantitative estimate of drug-likeness (QED) is 0.698. The van der Waals surface area contributed by atoms with Crippen LogP contribution in [0.3, 0.4) is 0 Å². The van der Waals surface area contributed by atoms with Gasteiger partial charge in [0.15, 0.2) is 0 Å². The minimum atomic E-state index is -2.50. The van der Waals surface area contributed by atoms with E-state index in [2.05, 4.69) is 20.7 Å². The number of carbonyl (C=O) groups is 1. The number of likely N-dealkylation sites (N-methyl/N-ethyl adjacent to an activating group) is 1. The molecule has 1 aliphatic heterocycles. The first-order valence-corrected chi connectivity index (χ1v) is 10.3. The van der Waals surface area contributed by atoms with Crippen LogP contribution in [0.4, 0.5) is 26.0 Å². The third-order valence-corrected chi connectivity index (χ3v) is 5.91. The summed E-state index contributed by atoms with van der Waals surface area (Å²) in [4.78, 5) is 19.0. The maximum atomic E-state index is 13.0. The van der Waals surface area contributed by atoms with Crippen LogP contribution in [0.25, 0.3) is 0 Å². The van der Waals surface area contributed by atoms with Gasteiger partial charge in [-0.25, -0.2) is 13.8 Å². The first kappa shape index (κ1) is 23.3. The summed E-state index contributed by atoms with van der Waals surface area (Å²) in [5.74, 6) is -1.63. The zero-order chi connectivity index (χ0) is 21.6. The van der Waals surface area contributed by atoms with Gasteiger partial charge < -0.3 is 15.5 Å². The van der Waals surface area contributed by atoms with E-state index < -0.39 is 5.92 Å². The summed E-state index contributed by atoms with van der Waals surface area (Å²) in [6.45, 7) is 6.98. The fourth-order valence-corrected chi connectivity index (χ4v) is 4.42. The SMILES string of the molecule is Cc1nc(NCc2cnn(CC3CC(F)(F)C3)c2)cc2c1NC(=O)[C@H](C(C)C)N2C.S. The maximum Gasteiger partial charge on any atom is 0.248 e. The lowest BCUT2D eigenvalue weighted by Crippen LogP contribution is -2.49. The molecule has 0 aromatic carbocycles. The van der Waals surface area contributed by atoms with Crippen molar-refractivity contribution < 1.29 is 13.6 Å². The van der Waals surface area contributed by atoms with Crippen LogP contribution >= 0.6 is 13.5 Å². The van der Waals surface area contributed by atoms with Crippen molar-refractivity contribution in [3.8, 4) is 0 Å². The van der Waals surface area contributed by atoms with Crippen LogP contribution in [-0.2, 0) is 17.9 Å². The Balaban J connectivity index is 0.00000272. The molecular formula is C21H30F2N6OS. The summed E-state index contributed by atoms with van der Waals surface area (Å²) in [7, 11) is 1.93. The summed E-state index contributed by atoms with van der Waals surface area (Å²) >= 11 is 0. The van der Waals surface area contributed by atoms with Crippen LogP contribution in [0.1, 0.15) is 37.9 Å². The average Bonchev–Trinajstić information content (AvgIpc) is 3.07. The van der Waals surface area contributed by atoms with Crippen LogP contribution < -0.4 is 15.5 Å². The van der Waals surface area contributed by atoms with E-state index in [9.17, 15) is 13.6 Å². The monoisotopic (exact) mass is 452 g/mol. The molecule has 1 amide bonds. The number of aromatic nitrogens is 3. The largest absolute Gasteiger partial charge is 0.366 e. The summed E-state index contributed by atoms with van der Waals surface area (Å²) in [5, 5.41) is 10.6. The third-order valence-electron chi connectivity index (χ3n) is 5.91. The summed E-state index contributed by atoms with van der Waals surface area (Å²) in [5.41, 5.74) is 3.39. The fraction of sp³-hybridized carbons (Fsp3) is 0.571. The first-order chi connectivity index (χ1) is 14.1. The molecule has 170 valence electrons. The topological polar surface area (TPSA) is 75.1 Å². The van der Waals surface area contributed by atoms with Crippen LogP contribution in [0.5, 0.6) is 0 Å². The Morgan fingerprint density at radius 3 is 2.71 bits per heavy atom. The minimum absolute atomic E-state index is 0. The summed E-state index contributed by atoms with van der Waals surface area (Å²) in [6.07, 6.45) is 3.52. The average molecular weight is 453 g/mol. The van der Waals surface area contributed by atoms with E-state index in [-0.39, 0.29) is 50.1 Å². The van der Waals surface area contributed by atoms with Crippen molar-refractivity contribution in [1.29, 1.82) is 0 Å². The Labute approximate surface area is 188 Å². The minimum Gasteiger partial charge on any atom is -0.366 e.